The summed E-state index contributed by atoms with van der Waals surface area (Å²) < 4.78 is 6.40. The molecule has 8 aromatic carbocycles. The van der Waals surface area contributed by atoms with Gasteiger partial charge in [-0.1, -0.05) is 123 Å². The topological polar surface area (TPSA) is 16.4 Å². The van der Waals surface area contributed by atoms with Gasteiger partial charge in [-0.3, -0.25) is 0 Å². The van der Waals surface area contributed by atoms with Gasteiger partial charge < -0.3 is 9.32 Å². The van der Waals surface area contributed by atoms with E-state index in [1.54, 1.807) is 0 Å². The van der Waals surface area contributed by atoms with Crippen LogP contribution in [0, 0.1) is 12.1 Å². The van der Waals surface area contributed by atoms with Gasteiger partial charge in [-0.15, -0.1) is 0 Å². The molecule has 0 unspecified atom stereocenters. The minimum absolute atomic E-state index is 0.0798. The number of allylic oxidation sites excluding steroid dienone is 4. The van der Waals surface area contributed by atoms with E-state index >= 15 is 0 Å². The summed E-state index contributed by atoms with van der Waals surface area (Å²) in [5.74, 6) is 0. The summed E-state index contributed by atoms with van der Waals surface area (Å²) in [6.45, 7) is 4.77. The van der Waals surface area contributed by atoms with Crippen molar-refractivity contribution in [2.75, 3.05) is 4.90 Å². The molecule has 1 heterocycles. The highest BCUT2D eigenvalue weighted by Crippen LogP contribution is 2.53. The average molecular weight is 678 g/mol. The zero-order valence-corrected chi connectivity index (χ0v) is 29.7. The molecule has 0 aliphatic heterocycles. The lowest BCUT2D eigenvalue weighted by Crippen LogP contribution is -2.22. The molecule has 0 atom stereocenters. The van der Waals surface area contributed by atoms with Crippen LogP contribution >= 0.6 is 0 Å². The van der Waals surface area contributed by atoms with Crippen LogP contribution in [0.1, 0.15) is 37.8 Å². The summed E-state index contributed by atoms with van der Waals surface area (Å²) in [5, 5.41) is 9.31. The SMILES string of the molecule is CC1(C)C2=C(CCC(N(c3ccc(-c4ccccc4)cc3)c3cccc4c5ccc6oc7ccccc7c6c5c5ccc#cc5c34)=C2)c2ccccc21. The standard InChI is InChI=1S/C51H35NO/c1-51(2)43-20-10-8-15-36(43)37-28-27-35(31-44(37)51)52(34-25-23-33(24-26-34)32-13-4-3-5-14-32)45-21-12-19-39-41-29-30-47-50(42-18-9-11-22-46(42)53-47)49(41)40-17-7-6-16-38(40)48(39)45/h3-5,7-15,17-26,29-31H,27-28H2,1-2H3. The average Bonchev–Trinajstić information content (AvgIpc) is 3.70. The number of nitrogens with zero attached hydrogens (tertiary/aromatic N) is 1. The van der Waals surface area contributed by atoms with Gasteiger partial charge in [0.15, 0.2) is 0 Å². The Morgan fingerprint density at radius 2 is 1.34 bits per heavy atom. The van der Waals surface area contributed by atoms with Gasteiger partial charge in [-0.2, -0.15) is 0 Å². The molecule has 2 aliphatic rings. The van der Waals surface area contributed by atoms with Crippen LogP contribution in [0.2, 0.25) is 0 Å². The van der Waals surface area contributed by atoms with Crippen LogP contribution in [0.3, 0.4) is 0 Å². The van der Waals surface area contributed by atoms with Crippen molar-refractivity contribution in [1.82, 2.24) is 0 Å². The van der Waals surface area contributed by atoms with Crippen LogP contribution in [-0.4, -0.2) is 0 Å². The first-order valence-corrected chi connectivity index (χ1v) is 18.6. The third-order valence-electron chi connectivity index (χ3n) is 11.8. The molecular weight excluding hydrogens is 643 g/mol. The van der Waals surface area contributed by atoms with E-state index in [0.29, 0.717) is 0 Å². The summed E-state index contributed by atoms with van der Waals surface area (Å²) in [4.78, 5) is 2.53. The fraction of sp³-hybridized carbons (Fsp3) is 0.0980. The van der Waals surface area contributed by atoms with Gasteiger partial charge >= 0.3 is 0 Å². The van der Waals surface area contributed by atoms with Gasteiger partial charge in [-0.25, -0.2) is 0 Å². The van der Waals surface area contributed by atoms with Crippen LogP contribution < -0.4 is 4.90 Å². The predicted octanol–water partition coefficient (Wildman–Crippen LogP) is 13.9. The normalized spacial score (nSPS) is 14.9. The molecule has 53 heavy (non-hydrogen) atoms. The summed E-state index contributed by atoms with van der Waals surface area (Å²) in [6.07, 6.45) is 4.44. The number of para-hydroxylation sites is 1. The Morgan fingerprint density at radius 3 is 2.23 bits per heavy atom. The number of furan rings is 1. The van der Waals surface area contributed by atoms with Crippen LogP contribution in [0.15, 0.2) is 167 Å². The van der Waals surface area contributed by atoms with E-state index in [2.05, 4.69) is 170 Å². The second kappa shape index (κ2) is 11.2. The maximum Gasteiger partial charge on any atom is 0.136 e. The molecule has 0 saturated heterocycles. The lowest BCUT2D eigenvalue weighted by Gasteiger charge is -2.33. The Morgan fingerprint density at radius 1 is 0.585 bits per heavy atom. The largest absolute Gasteiger partial charge is 0.456 e. The molecule has 0 bridgehead atoms. The molecule has 0 saturated carbocycles. The van der Waals surface area contributed by atoms with Crippen molar-refractivity contribution in [2.45, 2.75) is 32.1 Å². The third kappa shape index (κ3) is 4.35. The van der Waals surface area contributed by atoms with Crippen molar-refractivity contribution < 1.29 is 4.42 Å². The molecule has 2 aliphatic carbocycles. The maximum atomic E-state index is 6.40. The van der Waals surface area contributed by atoms with Crippen LogP contribution in [0.5, 0.6) is 0 Å². The fourth-order valence-electron chi connectivity index (χ4n) is 9.39. The van der Waals surface area contributed by atoms with Crippen molar-refractivity contribution in [2.24, 2.45) is 0 Å². The lowest BCUT2D eigenvalue weighted by molar-refractivity contribution is 0.648. The minimum atomic E-state index is -0.0798. The molecule has 1 aromatic heterocycles. The van der Waals surface area contributed by atoms with E-state index < -0.39 is 0 Å². The fourth-order valence-corrected chi connectivity index (χ4v) is 9.39. The van der Waals surface area contributed by atoms with Crippen LogP contribution in [0.25, 0.3) is 71.0 Å². The molecule has 0 amide bonds. The quantitative estimate of drug-likeness (QED) is 0.172. The molecule has 0 fully saturated rings. The molecule has 2 heteroatoms. The van der Waals surface area contributed by atoms with Crippen molar-refractivity contribution in [3.63, 3.8) is 0 Å². The number of benzene rings is 7. The van der Waals surface area contributed by atoms with E-state index in [9.17, 15) is 0 Å². The predicted molar refractivity (Wildman–Crippen MR) is 222 cm³/mol. The zero-order chi connectivity index (χ0) is 35.3. The second-order valence-electron chi connectivity index (χ2n) is 15.0. The summed E-state index contributed by atoms with van der Waals surface area (Å²) in [5.41, 5.74) is 13.5. The van der Waals surface area contributed by atoms with Crippen molar-refractivity contribution in [3.05, 3.63) is 186 Å². The summed E-state index contributed by atoms with van der Waals surface area (Å²) in [7, 11) is 0. The van der Waals surface area contributed by atoms with Crippen molar-refractivity contribution >= 4 is 71.2 Å². The first-order valence-electron chi connectivity index (χ1n) is 18.6. The van der Waals surface area contributed by atoms with Crippen LogP contribution in [-0.2, 0) is 5.41 Å². The van der Waals surface area contributed by atoms with E-state index in [1.807, 2.05) is 12.1 Å². The van der Waals surface area contributed by atoms with Gasteiger partial charge in [-0.05, 0) is 112 Å². The Hall–Kier alpha value is -6.56. The maximum absolute atomic E-state index is 6.40. The highest BCUT2D eigenvalue weighted by Gasteiger charge is 2.38. The number of hydrogen-bond acceptors (Lipinski definition) is 2. The molecule has 250 valence electrons. The second-order valence-corrected chi connectivity index (χ2v) is 15.0. The minimum Gasteiger partial charge on any atom is -0.456 e. The number of hydrogen-bond donors (Lipinski definition) is 0. The molecule has 0 radical (unpaired) electrons. The molecule has 11 rings (SSSR count). The van der Waals surface area contributed by atoms with E-state index in [0.717, 1.165) is 56.9 Å². The van der Waals surface area contributed by atoms with Gasteiger partial charge in [0.05, 0.1) is 5.69 Å². The Labute approximate surface area is 308 Å². The molecular formula is C51H35NO. The van der Waals surface area contributed by atoms with Gasteiger partial charge in [0.25, 0.3) is 0 Å². The third-order valence-corrected chi connectivity index (χ3v) is 11.8. The Balaban J connectivity index is 1.20. The molecule has 0 spiro atoms. The monoisotopic (exact) mass is 677 g/mol. The highest BCUT2D eigenvalue weighted by atomic mass is 16.3. The highest BCUT2D eigenvalue weighted by molar-refractivity contribution is 6.35. The molecule has 9 aromatic rings. The molecule has 0 N–H and O–H groups in total. The number of anilines is 2. The first kappa shape index (κ1) is 30.1. The zero-order valence-electron chi connectivity index (χ0n) is 29.7. The Bertz CT molecular complexity index is 2980. The van der Waals surface area contributed by atoms with Crippen molar-refractivity contribution in [1.29, 1.82) is 0 Å². The van der Waals surface area contributed by atoms with Crippen LogP contribution in [0.4, 0.5) is 11.4 Å². The smallest absolute Gasteiger partial charge is 0.136 e. The first-order chi connectivity index (χ1) is 26.1. The Kier molecular flexibility index (Phi) is 6.37. The van der Waals surface area contributed by atoms with Gasteiger partial charge in [0.2, 0.25) is 0 Å². The van der Waals surface area contributed by atoms with E-state index in [-0.39, 0.29) is 5.41 Å². The summed E-state index contributed by atoms with van der Waals surface area (Å²) >= 11 is 0. The number of fused-ring (bicyclic) bond motifs is 12. The molecule has 2 nitrogen and oxygen atoms in total. The van der Waals surface area contributed by atoms with Gasteiger partial charge in [0.1, 0.15) is 11.2 Å². The van der Waals surface area contributed by atoms with E-state index in [4.69, 9.17) is 4.42 Å². The van der Waals surface area contributed by atoms with Crippen molar-refractivity contribution in [3.8, 4) is 11.1 Å². The van der Waals surface area contributed by atoms with E-state index in [1.165, 1.54) is 60.6 Å². The lowest BCUT2D eigenvalue weighted by atomic mass is 9.79. The number of rotatable bonds is 4. The van der Waals surface area contributed by atoms with Gasteiger partial charge in [0, 0.05) is 49.1 Å². The summed E-state index contributed by atoms with van der Waals surface area (Å²) in [6, 6.07) is 59.5.